The van der Waals surface area contributed by atoms with Crippen molar-refractivity contribution in [2.75, 3.05) is 12.0 Å². The molecule has 0 bridgehead atoms. The highest BCUT2D eigenvalue weighted by atomic mass is 32.2. The van der Waals surface area contributed by atoms with Gasteiger partial charge in [0.2, 0.25) is 5.78 Å². The SMILES string of the molecule is CCn1c2ccc(C(=O)/C(CSC)=N/O)cc2c2cc(C(=O)c3ccccc3C)ccc21. The van der Waals surface area contributed by atoms with Crippen molar-refractivity contribution in [3.05, 3.63) is 82.9 Å². The number of carbonyl (C=O) groups excluding carboxylic acids is 2. The van der Waals surface area contributed by atoms with Crippen LogP contribution in [0.15, 0.2) is 65.8 Å². The van der Waals surface area contributed by atoms with E-state index < -0.39 is 0 Å². The molecule has 4 rings (SSSR count). The van der Waals surface area contributed by atoms with Crippen molar-refractivity contribution in [3.8, 4) is 0 Å². The Morgan fingerprint density at radius 3 is 2.19 bits per heavy atom. The molecule has 1 heterocycles. The molecule has 0 saturated carbocycles. The lowest BCUT2D eigenvalue weighted by Crippen LogP contribution is -2.17. The van der Waals surface area contributed by atoms with Crippen LogP contribution in [-0.2, 0) is 6.54 Å². The molecule has 6 heteroatoms. The molecular weight excluding hydrogens is 420 g/mol. The number of ketones is 2. The highest BCUT2D eigenvalue weighted by Crippen LogP contribution is 2.31. The number of hydrogen-bond acceptors (Lipinski definition) is 5. The van der Waals surface area contributed by atoms with Gasteiger partial charge in [-0.3, -0.25) is 9.59 Å². The van der Waals surface area contributed by atoms with Crippen molar-refractivity contribution in [2.45, 2.75) is 20.4 Å². The van der Waals surface area contributed by atoms with Gasteiger partial charge in [0, 0.05) is 50.8 Å². The molecule has 5 nitrogen and oxygen atoms in total. The molecule has 1 N–H and O–H groups in total. The predicted molar refractivity (Wildman–Crippen MR) is 132 cm³/mol. The number of rotatable bonds is 7. The van der Waals surface area contributed by atoms with Crippen molar-refractivity contribution in [2.24, 2.45) is 5.16 Å². The molecule has 0 saturated heterocycles. The van der Waals surface area contributed by atoms with Gasteiger partial charge in [-0.25, -0.2) is 0 Å². The summed E-state index contributed by atoms with van der Waals surface area (Å²) < 4.78 is 2.17. The van der Waals surface area contributed by atoms with Crippen LogP contribution < -0.4 is 0 Å². The maximum absolute atomic E-state index is 13.2. The number of aryl methyl sites for hydroxylation is 2. The topological polar surface area (TPSA) is 71.7 Å². The number of carbonyl (C=O) groups is 2. The van der Waals surface area contributed by atoms with Gasteiger partial charge in [0.15, 0.2) is 5.78 Å². The first-order valence-electron chi connectivity index (χ1n) is 10.4. The Labute approximate surface area is 190 Å². The van der Waals surface area contributed by atoms with Gasteiger partial charge in [0.1, 0.15) is 5.71 Å². The third kappa shape index (κ3) is 3.71. The molecule has 0 aliphatic heterocycles. The normalized spacial score (nSPS) is 11.9. The Morgan fingerprint density at radius 1 is 0.969 bits per heavy atom. The van der Waals surface area contributed by atoms with Crippen LogP contribution >= 0.6 is 11.8 Å². The van der Waals surface area contributed by atoms with Gasteiger partial charge in [-0.1, -0.05) is 29.4 Å². The average molecular weight is 445 g/mol. The maximum Gasteiger partial charge on any atom is 0.211 e. The van der Waals surface area contributed by atoms with Crippen LogP contribution in [0.1, 0.15) is 38.8 Å². The molecule has 0 aliphatic carbocycles. The van der Waals surface area contributed by atoms with Crippen molar-refractivity contribution < 1.29 is 14.8 Å². The highest BCUT2D eigenvalue weighted by Gasteiger charge is 2.19. The lowest BCUT2D eigenvalue weighted by atomic mass is 9.97. The summed E-state index contributed by atoms with van der Waals surface area (Å²) in [5, 5.41) is 14.3. The molecule has 1 aromatic heterocycles. The van der Waals surface area contributed by atoms with Crippen molar-refractivity contribution >= 4 is 50.8 Å². The molecular formula is C26H24N2O3S. The van der Waals surface area contributed by atoms with Crippen molar-refractivity contribution in [1.82, 2.24) is 4.57 Å². The summed E-state index contributed by atoms with van der Waals surface area (Å²) in [6.07, 6.45) is 1.85. The van der Waals surface area contributed by atoms with Gasteiger partial charge in [-0.2, -0.15) is 11.8 Å². The van der Waals surface area contributed by atoms with Crippen LogP contribution in [0, 0.1) is 6.92 Å². The third-order valence-corrected chi connectivity index (χ3v) is 6.32. The second-order valence-corrected chi connectivity index (χ2v) is 8.53. The van der Waals surface area contributed by atoms with E-state index in [0.717, 1.165) is 33.9 Å². The molecule has 0 aliphatic rings. The fourth-order valence-corrected chi connectivity index (χ4v) is 4.62. The molecule has 0 radical (unpaired) electrons. The van der Waals surface area contributed by atoms with Crippen LogP contribution in [0.3, 0.4) is 0 Å². The van der Waals surface area contributed by atoms with E-state index in [0.29, 0.717) is 22.4 Å². The summed E-state index contributed by atoms with van der Waals surface area (Å²) in [5.74, 6) is 0.0108. The first-order chi connectivity index (χ1) is 15.5. The van der Waals surface area contributed by atoms with E-state index >= 15 is 0 Å². The standard InChI is InChI=1S/C26H24N2O3S/c1-4-28-23-11-9-17(25(29)19-8-6-5-7-16(19)2)13-20(23)21-14-18(10-12-24(21)28)26(30)22(27-31)15-32-3/h5-14,31H,4,15H2,1-3H3/b27-22+. The molecule has 0 fully saturated rings. The average Bonchev–Trinajstić information content (AvgIpc) is 3.14. The van der Waals surface area contributed by atoms with E-state index in [9.17, 15) is 14.8 Å². The summed E-state index contributed by atoms with van der Waals surface area (Å²) in [6, 6.07) is 18.8. The lowest BCUT2D eigenvalue weighted by molar-refractivity contribution is 0.103. The van der Waals surface area contributed by atoms with E-state index in [1.807, 2.05) is 67.8 Å². The van der Waals surface area contributed by atoms with Gasteiger partial charge < -0.3 is 9.77 Å². The first-order valence-corrected chi connectivity index (χ1v) is 11.8. The lowest BCUT2D eigenvalue weighted by Gasteiger charge is -2.06. The molecule has 4 aromatic rings. The zero-order chi connectivity index (χ0) is 22.8. The van der Waals surface area contributed by atoms with Crippen LogP contribution in [0.25, 0.3) is 21.8 Å². The number of aromatic nitrogens is 1. The van der Waals surface area contributed by atoms with Gasteiger partial charge in [-0.05, 0) is 62.1 Å². The minimum Gasteiger partial charge on any atom is -0.411 e. The number of hydrogen-bond donors (Lipinski definition) is 1. The minimum absolute atomic E-state index is 0.0238. The summed E-state index contributed by atoms with van der Waals surface area (Å²) in [4.78, 5) is 26.0. The molecule has 3 aromatic carbocycles. The second-order valence-electron chi connectivity index (χ2n) is 7.66. The number of Topliss-reactive ketones (excluding diaryl/α,β-unsaturated/α-hetero) is 1. The first kappa shape index (κ1) is 21.8. The summed E-state index contributed by atoms with van der Waals surface area (Å²) in [6.45, 7) is 4.76. The molecule has 162 valence electrons. The van der Waals surface area contributed by atoms with E-state index in [-0.39, 0.29) is 17.3 Å². The quantitative estimate of drug-likeness (QED) is 0.171. The number of oxime groups is 1. The molecule has 0 amide bonds. The predicted octanol–water partition coefficient (Wildman–Crippen LogP) is 5.73. The van der Waals surface area contributed by atoms with E-state index in [2.05, 4.69) is 16.6 Å². The summed E-state index contributed by atoms with van der Waals surface area (Å²) in [7, 11) is 0. The summed E-state index contributed by atoms with van der Waals surface area (Å²) in [5.41, 5.74) is 4.81. The summed E-state index contributed by atoms with van der Waals surface area (Å²) >= 11 is 1.42. The van der Waals surface area contributed by atoms with Crippen LogP contribution in [0.5, 0.6) is 0 Å². The Bertz CT molecular complexity index is 1380. The Hall–Kier alpha value is -3.38. The molecule has 32 heavy (non-hydrogen) atoms. The van der Waals surface area contributed by atoms with Crippen molar-refractivity contribution in [3.63, 3.8) is 0 Å². The monoisotopic (exact) mass is 444 g/mol. The zero-order valence-electron chi connectivity index (χ0n) is 18.3. The number of fused-ring (bicyclic) bond motifs is 3. The van der Waals surface area contributed by atoms with Gasteiger partial charge in [0.05, 0.1) is 0 Å². The number of thioether (sulfide) groups is 1. The van der Waals surface area contributed by atoms with E-state index in [4.69, 9.17) is 0 Å². The second kappa shape index (κ2) is 9.01. The van der Waals surface area contributed by atoms with Crippen molar-refractivity contribution in [1.29, 1.82) is 0 Å². The number of nitrogens with zero attached hydrogens (tertiary/aromatic N) is 2. The molecule has 0 unspecified atom stereocenters. The van der Waals surface area contributed by atoms with Gasteiger partial charge in [-0.15, -0.1) is 0 Å². The highest BCUT2D eigenvalue weighted by molar-refractivity contribution is 7.99. The Balaban J connectivity index is 1.89. The van der Waals surface area contributed by atoms with Crippen LogP contribution in [0.2, 0.25) is 0 Å². The maximum atomic E-state index is 13.2. The smallest absolute Gasteiger partial charge is 0.211 e. The molecule has 0 spiro atoms. The zero-order valence-corrected chi connectivity index (χ0v) is 19.1. The molecule has 0 atom stereocenters. The Morgan fingerprint density at radius 2 is 1.59 bits per heavy atom. The van der Waals surface area contributed by atoms with Crippen LogP contribution in [-0.4, -0.2) is 39.1 Å². The van der Waals surface area contributed by atoms with E-state index in [1.54, 1.807) is 6.07 Å². The minimum atomic E-state index is -0.298. The largest absolute Gasteiger partial charge is 0.411 e. The third-order valence-electron chi connectivity index (χ3n) is 5.76. The fourth-order valence-electron chi connectivity index (χ4n) is 4.15. The van der Waals surface area contributed by atoms with E-state index in [1.165, 1.54) is 11.8 Å². The van der Waals surface area contributed by atoms with Crippen LogP contribution in [0.4, 0.5) is 0 Å². The van der Waals surface area contributed by atoms with Gasteiger partial charge in [0.25, 0.3) is 0 Å². The Kier molecular flexibility index (Phi) is 6.15. The van der Waals surface area contributed by atoms with Gasteiger partial charge >= 0.3 is 0 Å². The number of benzene rings is 3. The fraction of sp³-hybridized carbons (Fsp3) is 0.192.